The number of rotatable bonds is 3. The summed E-state index contributed by atoms with van der Waals surface area (Å²) in [4.78, 5) is 20.1. The summed E-state index contributed by atoms with van der Waals surface area (Å²) in [5.41, 5.74) is 4.70. The molecule has 1 atom stereocenters. The number of imidazole rings is 1. The van der Waals surface area contributed by atoms with E-state index in [-0.39, 0.29) is 11.7 Å². The predicted octanol–water partition coefficient (Wildman–Crippen LogP) is 4.35. The number of fused-ring (bicyclic) bond motifs is 2. The molecule has 4 nitrogen and oxygen atoms in total. The van der Waals surface area contributed by atoms with Crippen LogP contribution in [0.15, 0.2) is 79.1 Å². The van der Waals surface area contributed by atoms with Gasteiger partial charge in [-0.15, -0.1) is 0 Å². The van der Waals surface area contributed by atoms with Gasteiger partial charge >= 0.3 is 0 Å². The first kappa shape index (κ1) is 17.6. The Kier molecular flexibility index (Phi) is 4.35. The molecule has 3 aromatic carbocycles. The molecule has 1 aliphatic rings. The number of para-hydroxylation sites is 2. The molecule has 5 rings (SSSR count). The molecule has 5 heteroatoms. The van der Waals surface area contributed by atoms with Crippen LogP contribution in [-0.2, 0) is 17.8 Å². The van der Waals surface area contributed by atoms with Crippen LogP contribution in [0.4, 0.5) is 4.39 Å². The molecule has 0 N–H and O–H groups in total. The quantitative estimate of drug-likeness (QED) is 0.526. The maximum absolute atomic E-state index is 13.7. The van der Waals surface area contributed by atoms with Crippen LogP contribution >= 0.6 is 0 Å². The van der Waals surface area contributed by atoms with Gasteiger partial charge in [0, 0.05) is 13.1 Å². The highest BCUT2D eigenvalue weighted by Gasteiger charge is 2.30. The molecule has 4 aromatic rings. The van der Waals surface area contributed by atoms with Crippen molar-refractivity contribution in [2.75, 3.05) is 6.54 Å². The van der Waals surface area contributed by atoms with Crippen LogP contribution in [0.25, 0.3) is 11.0 Å². The Hall–Kier alpha value is -3.47. The molecular formula is C24H20FN3O. The van der Waals surface area contributed by atoms with Crippen LogP contribution in [0.1, 0.15) is 22.7 Å². The maximum Gasteiger partial charge on any atom is 0.250 e. The van der Waals surface area contributed by atoms with Gasteiger partial charge < -0.3 is 9.47 Å². The Labute approximate surface area is 168 Å². The van der Waals surface area contributed by atoms with Crippen LogP contribution in [-0.4, -0.2) is 26.9 Å². The van der Waals surface area contributed by atoms with Crippen molar-refractivity contribution in [3.05, 3.63) is 102 Å². The van der Waals surface area contributed by atoms with E-state index in [0.717, 1.165) is 27.7 Å². The average Bonchev–Trinajstić information content (AvgIpc) is 3.18. The van der Waals surface area contributed by atoms with Crippen molar-refractivity contribution in [1.82, 2.24) is 14.5 Å². The monoisotopic (exact) mass is 385 g/mol. The van der Waals surface area contributed by atoms with Crippen molar-refractivity contribution in [3.63, 3.8) is 0 Å². The van der Waals surface area contributed by atoms with E-state index in [2.05, 4.69) is 4.98 Å². The molecule has 0 spiro atoms. The van der Waals surface area contributed by atoms with Gasteiger partial charge in [0.2, 0.25) is 0 Å². The molecule has 1 aromatic heterocycles. The zero-order valence-corrected chi connectivity index (χ0v) is 15.8. The lowest BCUT2D eigenvalue weighted by atomic mass is 9.97. The molecule has 2 heterocycles. The third-order valence-electron chi connectivity index (χ3n) is 5.60. The molecular weight excluding hydrogens is 365 g/mol. The minimum atomic E-state index is -0.495. The number of benzene rings is 3. The van der Waals surface area contributed by atoms with E-state index in [4.69, 9.17) is 0 Å². The fourth-order valence-electron chi connectivity index (χ4n) is 4.12. The topological polar surface area (TPSA) is 38.1 Å². The van der Waals surface area contributed by atoms with Crippen molar-refractivity contribution in [1.29, 1.82) is 0 Å². The fraction of sp³-hybridized carbons (Fsp3) is 0.167. The Morgan fingerprint density at radius 2 is 1.76 bits per heavy atom. The molecule has 0 saturated carbocycles. The van der Waals surface area contributed by atoms with Gasteiger partial charge in [0.05, 0.1) is 17.4 Å². The summed E-state index contributed by atoms with van der Waals surface area (Å²) in [6.45, 7) is 1.07. The fourth-order valence-corrected chi connectivity index (χ4v) is 4.12. The minimum Gasteiger partial charge on any atom is -0.336 e. The highest BCUT2D eigenvalue weighted by Crippen LogP contribution is 2.28. The van der Waals surface area contributed by atoms with Crippen molar-refractivity contribution >= 4 is 16.9 Å². The van der Waals surface area contributed by atoms with Gasteiger partial charge in [-0.3, -0.25) is 4.79 Å². The van der Waals surface area contributed by atoms with Crippen molar-refractivity contribution in [2.45, 2.75) is 19.0 Å². The molecule has 29 heavy (non-hydrogen) atoms. The van der Waals surface area contributed by atoms with Gasteiger partial charge in [0.15, 0.2) is 0 Å². The summed E-state index contributed by atoms with van der Waals surface area (Å²) < 4.78 is 15.5. The SMILES string of the molecule is O=C(C(c1ccccc1)n1cnc2ccccc21)N1CCc2cc(F)ccc2C1. The van der Waals surface area contributed by atoms with Crippen LogP contribution in [0.2, 0.25) is 0 Å². The van der Waals surface area contributed by atoms with Crippen molar-refractivity contribution < 1.29 is 9.18 Å². The van der Waals surface area contributed by atoms with E-state index in [9.17, 15) is 9.18 Å². The highest BCUT2D eigenvalue weighted by molar-refractivity contribution is 5.87. The number of carbonyl (C=O) groups is 1. The van der Waals surface area contributed by atoms with Crippen LogP contribution in [0.3, 0.4) is 0 Å². The van der Waals surface area contributed by atoms with Gasteiger partial charge in [0.1, 0.15) is 11.9 Å². The number of carbonyl (C=O) groups excluding carboxylic acids is 1. The van der Waals surface area contributed by atoms with Crippen molar-refractivity contribution in [2.24, 2.45) is 0 Å². The lowest BCUT2D eigenvalue weighted by Gasteiger charge is -2.32. The molecule has 0 saturated heterocycles. The number of halogens is 1. The third-order valence-corrected chi connectivity index (χ3v) is 5.60. The van der Waals surface area contributed by atoms with E-state index in [0.29, 0.717) is 19.5 Å². The molecule has 0 aliphatic carbocycles. The Balaban J connectivity index is 1.55. The predicted molar refractivity (Wildman–Crippen MR) is 110 cm³/mol. The van der Waals surface area contributed by atoms with Gasteiger partial charge in [-0.1, -0.05) is 48.5 Å². The number of amides is 1. The molecule has 0 radical (unpaired) electrons. The molecule has 1 aliphatic heterocycles. The molecule has 0 fully saturated rings. The normalized spacial score (nSPS) is 14.6. The lowest BCUT2D eigenvalue weighted by molar-refractivity contribution is -0.134. The number of hydrogen-bond donors (Lipinski definition) is 0. The molecule has 0 bridgehead atoms. The van der Waals surface area contributed by atoms with Gasteiger partial charge in [-0.25, -0.2) is 9.37 Å². The Morgan fingerprint density at radius 1 is 0.966 bits per heavy atom. The standard InChI is InChI=1S/C24H20FN3O/c25-20-11-10-19-15-27(13-12-18(19)14-20)24(29)23(17-6-2-1-3-7-17)28-16-26-21-8-4-5-9-22(21)28/h1-11,14,16,23H,12-13,15H2. The van der Waals surface area contributed by atoms with E-state index in [1.807, 2.05) is 64.1 Å². The largest absolute Gasteiger partial charge is 0.336 e. The number of hydrogen-bond acceptors (Lipinski definition) is 2. The van der Waals surface area contributed by atoms with E-state index in [1.54, 1.807) is 18.5 Å². The van der Waals surface area contributed by atoms with E-state index < -0.39 is 6.04 Å². The minimum absolute atomic E-state index is 0.0225. The Bertz CT molecular complexity index is 1190. The second kappa shape index (κ2) is 7.17. The second-order valence-electron chi connectivity index (χ2n) is 7.38. The first-order valence-corrected chi connectivity index (χ1v) is 9.73. The van der Waals surface area contributed by atoms with Crippen molar-refractivity contribution in [3.8, 4) is 0 Å². The van der Waals surface area contributed by atoms with Crippen LogP contribution in [0.5, 0.6) is 0 Å². The molecule has 1 amide bonds. The van der Waals surface area contributed by atoms with Gasteiger partial charge in [0.25, 0.3) is 5.91 Å². The van der Waals surface area contributed by atoms with Crippen LogP contribution < -0.4 is 0 Å². The highest BCUT2D eigenvalue weighted by atomic mass is 19.1. The number of nitrogens with zero attached hydrogens (tertiary/aromatic N) is 3. The first-order chi connectivity index (χ1) is 14.2. The number of aromatic nitrogens is 2. The average molecular weight is 385 g/mol. The summed E-state index contributed by atoms with van der Waals surface area (Å²) in [5.74, 6) is -0.204. The molecule has 1 unspecified atom stereocenters. The Morgan fingerprint density at radius 3 is 2.62 bits per heavy atom. The second-order valence-corrected chi connectivity index (χ2v) is 7.38. The molecule has 144 valence electrons. The zero-order chi connectivity index (χ0) is 19.8. The van der Waals surface area contributed by atoms with Crippen LogP contribution in [0, 0.1) is 5.82 Å². The van der Waals surface area contributed by atoms with Gasteiger partial charge in [-0.05, 0) is 47.4 Å². The maximum atomic E-state index is 13.7. The first-order valence-electron chi connectivity index (χ1n) is 9.73. The van der Waals surface area contributed by atoms with E-state index >= 15 is 0 Å². The summed E-state index contributed by atoms with van der Waals surface area (Å²) in [6.07, 6.45) is 2.40. The zero-order valence-electron chi connectivity index (χ0n) is 15.8. The van der Waals surface area contributed by atoms with E-state index in [1.165, 1.54) is 6.07 Å². The summed E-state index contributed by atoms with van der Waals surface area (Å²) in [5, 5.41) is 0. The third kappa shape index (κ3) is 3.18. The smallest absolute Gasteiger partial charge is 0.250 e. The van der Waals surface area contributed by atoms with Gasteiger partial charge in [-0.2, -0.15) is 0 Å². The lowest BCUT2D eigenvalue weighted by Crippen LogP contribution is -2.41. The summed E-state index contributed by atoms with van der Waals surface area (Å²) in [7, 11) is 0. The summed E-state index contributed by atoms with van der Waals surface area (Å²) >= 11 is 0. The summed E-state index contributed by atoms with van der Waals surface area (Å²) in [6, 6.07) is 22.0.